The predicted octanol–water partition coefficient (Wildman–Crippen LogP) is 3.08. The van der Waals surface area contributed by atoms with Crippen molar-refractivity contribution in [3.8, 4) is 5.75 Å². The lowest BCUT2D eigenvalue weighted by molar-refractivity contribution is -0.139. The molecule has 1 atom stereocenters. The Bertz CT molecular complexity index is 978. The number of carbonyl (C=O) groups excluding carboxylic acids is 2. The van der Waals surface area contributed by atoms with Crippen LogP contribution in [0.25, 0.3) is 0 Å². The highest BCUT2D eigenvalue weighted by atomic mass is 19.1. The summed E-state index contributed by atoms with van der Waals surface area (Å²) in [6.07, 6.45) is 3.42. The number of ether oxygens (including phenoxy) is 2. The first kappa shape index (κ1) is 23.2. The zero-order valence-electron chi connectivity index (χ0n) is 19.0. The maximum absolute atomic E-state index is 13.3. The van der Waals surface area contributed by atoms with Crippen molar-refractivity contribution in [3.05, 3.63) is 59.7 Å². The lowest BCUT2D eigenvalue weighted by atomic mass is 9.77. The summed E-state index contributed by atoms with van der Waals surface area (Å²) in [5.41, 5.74) is 0.721. The zero-order valence-corrected chi connectivity index (χ0v) is 19.0. The number of halogens is 1. The third kappa shape index (κ3) is 5.68. The van der Waals surface area contributed by atoms with Gasteiger partial charge in [0, 0.05) is 44.2 Å². The van der Waals surface area contributed by atoms with Crippen molar-refractivity contribution in [2.45, 2.75) is 26.2 Å². The minimum atomic E-state index is -0.541. The minimum absolute atomic E-state index is 0.0457. The molecule has 1 aromatic carbocycles. The number of pyridine rings is 1. The molecule has 176 valence electrons. The summed E-state index contributed by atoms with van der Waals surface area (Å²) in [7, 11) is 0. The number of amides is 2. The molecule has 2 fully saturated rings. The van der Waals surface area contributed by atoms with Crippen molar-refractivity contribution in [1.82, 2.24) is 14.8 Å². The Hall–Kier alpha value is -3.00. The van der Waals surface area contributed by atoms with Crippen LogP contribution in [0.4, 0.5) is 4.39 Å². The molecular formula is C25H30FN3O4. The first-order valence-corrected chi connectivity index (χ1v) is 11.4. The Balaban J connectivity index is 1.54. The van der Waals surface area contributed by atoms with E-state index in [0.717, 1.165) is 18.4 Å². The summed E-state index contributed by atoms with van der Waals surface area (Å²) < 4.78 is 24.7. The molecule has 1 aromatic heterocycles. The molecule has 0 spiro atoms. The van der Waals surface area contributed by atoms with E-state index in [0.29, 0.717) is 50.8 Å². The lowest BCUT2D eigenvalue weighted by Crippen LogP contribution is -2.52. The van der Waals surface area contributed by atoms with Gasteiger partial charge in [-0.15, -0.1) is 0 Å². The number of hydrogen-bond donors (Lipinski definition) is 0. The van der Waals surface area contributed by atoms with Crippen molar-refractivity contribution in [3.63, 3.8) is 0 Å². The summed E-state index contributed by atoms with van der Waals surface area (Å²) in [6.45, 7) is 5.37. The SMILES string of the molecule is Cc1cccnc1C(=O)N1CCC[C@@](COc2ccc(F)cc2)(CC(=O)N2CCOCC2)C1. The van der Waals surface area contributed by atoms with Crippen LogP contribution in [0.15, 0.2) is 42.6 Å². The van der Waals surface area contributed by atoms with E-state index in [4.69, 9.17) is 9.47 Å². The molecular weight excluding hydrogens is 425 g/mol. The summed E-state index contributed by atoms with van der Waals surface area (Å²) in [6, 6.07) is 9.54. The van der Waals surface area contributed by atoms with E-state index >= 15 is 0 Å². The molecule has 0 aliphatic carbocycles. The maximum Gasteiger partial charge on any atom is 0.272 e. The highest BCUT2D eigenvalue weighted by Crippen LogP contribution is 2.36. The largest absolute Gasteiger partial charge is 0.493 e. The van der Waals surface area contributed by atoms with Gasteiger partial charge in [-0.1, -0.05) is 6.07 Å². The van der Waals surface area contributed by atoms with Crippen LogP contribution in [0.1, 0.15) is 35.3 Å². The van der Waals surface area contributed by atoms with Crippen LogP contribution in [-0.2, 0) is 9.53 Å². The minimum Gasteiger partial charge on any atom is -0.493 e. The van der Waals surface area contributed by atoms with E-state index in [9.17, 15) is 14.0 Å². The van der Waals surface area contributed by atoms with Gasteiger partial charge >= 0.3 is 0 Å². The number of aromatic nitrogens is 1. The Labute approximate surface area is 193 Å². The molecule has 0 N–H and O–H groups in total. The Morgan fingerprint density at radius 2 is 1.88 bits per heavy atom. The van der Waals surface area contributed by atoms with Crippen molar-refractivity contribution < 1.29 is 23.5 Å². The fraction of sp³-hybridized carbons (Fsp3) is 0.480. The van der Waals surface area contributed by atoms with Gasteiger partial charge in [-0.3, -0.25) is 14.6 Å². The third-order valence-electron chi connectivity index (χ3n) is 6.41. The Morgan fingerprint density at radius 3 is 2.61 bits per heavy atom. The number of nitrogens with zero attached hydrogens (tertiary/aromatic N) is 3. The smallest absolute Gasteiger partial charge is 0.272 e. The van der Waals surface area contributed by atoms with Gasteiger partial charge in [-0.2, -0.15) is 0 Å². The molecule has 2 aliphatic rings. The molecule has 8 heteroatoms. The number of piperidine rings is 1. The lowest BCUT2D eigenvalue weighted by Gasteiger charge is -2.43. The number of likely N-dealkylation sites (tertiary alicyclic amines) is 1. The average molecular weight is 456 g/mol. The van der Waals surface area contributed by atoms with Crippen LogP contribution in [0.2, 0.25) is 0 Å². The van der Waals surface area contributed by atoms with Gasteiger partial charge in [0.05, 0.1) is 19.8 Å². The van der Waals surface area contributed by atoms with E-state index in [2.05, 4.69) is 4.98 Å². The zero-order chi connectivity index (χ0) is 23.3. The highest BCUT2D eigenvalue weighted by Gasteiger charge is 2.41. The van der Waals surface area contributed by atoms with Gasteiger partial charge < -0.3 is 19.3 Å². The van der Waals surface area contributed by atoms with E-state index in [1.54, 1.807) is 23.2 Å². The van der Waals surface area contributed by atoms with Gasteiger partial charge in [0.2, 0.25) is 5.91 Å². The molecule has 0 unspecified atom stereocenters. The number of hydrogen-bond acceptors (Lipinski definition) is 5. The molecule has 33 heavy (non-hydrogen) atoms. The normalized spacial score (nSPS) is 21.0. The molecule has 3 heterocycles. The molecule has 0 saturated carbocycles. The second kappa shape index (κ2) is 10.3. The van der Waals surface area contributed by atoms with Gasteiger partial charge in [0.25, 0.3) is 5.91 Å². The van der Waals surface area contributed by atoms with Crippen LogP contribution in [0, 0.1) is 18.2 Å². The summed E-state index contributed by atoms with van der Waals surface area (Å²) in [5.74, 6) is 0.125. The van der Waals surface area contributed by atoms with Crippen LogP contribution < -0.4 is 4.74 Å². The summed E-state index contributed by atoms with van der Waals surface area (Å²) >= 11 is 0. The Morgan fingerprint density at radius 1 is 1.12 bits per heavy atom. The first-order valence-electron chi connectivity index (χ1n) is 11.4. The van der Waals surface area contributed by atoms with E-state index in [1.807, 2.05) is 24.0 Å². The average Bonchev–Trinajstić information content (AvgIpc) is 2.84. The number of carbonyl (C=O) groups is 2. The molecule has 2 amide bonds. The van der Waals surface area contributed by atoms with Crippen LogP contribution in [0.3, 0.4) is 0 Å². The number of benzene rings is 1. The van der Waals surface area contributed by atoms with Crippen molar-refractivity contribution >= 4 is 11.8 Å². The molecule has 4 rings (SSSR count). The molecule has 7 nitrogen and oxygen atoms in total. The standard InChI is InChI=1S/C25H30FN3O4/c1-19-4-2-10-27-23(19)24(31)29-11-3-9-25(17-29,16-22(30)28-12-14-32-15-13-28)18-33-21-7-5-20(26)6-8-21/h2,4-8,10H,3,9,11-18H2,1H3/t25-/m1/s1. The van der Waals surface area contributed by atoms with Gasteiger partial charge in [-0.05, 0) is 55.7 Å². The monoisotopic (exact) mass is 455 g/mol. The summed E-state index contributed by atoms with van der Waals surface area (Å²) in [5, 5.41) is 0. The van der Waals surface area contributed by atoms with Crippen LogP contribution >= 0.6 is 0 Å². The van der Waals surface area contributed by atoms with Gasteiger partial charge in [0.15, 0.2) is 0 Å². The number of morpholine rings is 1. The van der Waals surface area contributed by atoms with Crippen LogP contribution in [0.5, 0.6) is 5.75 Å². The topological polar surface area (TPSA) is 72.0 Å². The highest BCUT2D eigenvalue weighted by molar-refractivity contribution is 5.93. The third-order valence-corrected chi connectivity index (χ3v) is 6.41. The fourth-order valence-corrected chi connectivity index (χ4v) is 4.57. The van der Waals surface area contributed by atoms with E-state index < -0.39 is 5.41 Å². The van der Waals surface area contributed by atoms with Crippen molar-refractivity contribution in [2.75, 3.05) is 46.0 Å². The molecule has 2 aliphatic heterocycles. The van der Waals surface area contributed by atoms with Crippen molar-refractivity contribution in [2.24, 2.45) is 5.41 Å². The second-order valence-electron chi connectivity index (χ2n) is 8.91. The van der Waals surface area contributed by atoms with Crippen molar-refractivity contribution in [1.29, 1.82) is 0 Å². The number of aryl methyl sites for hydroxylation is 1. The fourth-order valence-electron chi connectivity index (χ4n) is 4.57. The molecule has 2 aromatic rings. The predicted molar refractivity (Wildman–Crippen MR) is 120 cm³/mol. The maximum atomic E-state index is 13.3. The van der Waals surface area contributed by atoms with Crippen LogP contribution in [-0.4, -0.2) is 72.6 Å². The second-order valence-corrected chi connectivity index (χ2v) is 8.91. The quantitative estimate of drug-likeness (QED) is 0.670. The summed E-state index contributed by atoms with van der Waals surface area (Å²) in [4.78, 5) is 34.4. The molecule has 0 bridgehead atoms. The molecule has 0 radical (unpaired) electrons. The Kier molecular flexibility index (Phi) is 7.23. The van der Waals surface area contributed by atoms with E-state index in [1.165, 1.54) is 12.1 Å². The van der Waals surface area contributed by atoms with Gasteiger partial charge in [0.1, 0.15) is 17.3 Å². The van der Waals surface area contributed by atoms with Gasteiger partial charge in [-0.25, -0.2) is 4.39 Å². The first-order chi connectivity index (χ1) is 16.0. The van der Waals surface area contributed by atoms with E-state index in [-0.39, 0.29) is 30.7 Å². The molecule has 2 saturated heterocycles. The number of rotatable bonds is 6.